The maximum atomic E-state index is 11.8. The number of hydrogen-bond acceptors (Lipinski definition) is 3. The van der Waals surface area contributed by atoms with Crippen LogP contribution in [0.15, 0.2) is 0 Å². The van der Waals surface area contributed by atoms with Gasteiger partial charge in [-0.05, 0) is 33.6 Å². The number of rotatable bonds is 7. The van der Waals surface area contributed by atoms with Crippen molar-refractivity contribution in [2.75, 3.05) is 17.6 Å². The highest BCUT2D eigenvalue weighted by Gasteiger charge is 2.28. The van der Waals surface area contributed by atoms with Crippen molar-refractivity contribution in [3.05, 3.63) is 0 Å². The van der Waals surface area contributed by atoms with Crippen LogP contribution in [0.1, 0.15) is 40.5 Å². The van der Waals surface area contributed by atoms with Crippen LogP contribution in [0.25, 0.3) is 0 Å². The molecule has 0 aromatic heterocycles. The molecule has 0 amide bonds. The van der Waals surface area contributed by atoms with E-state index in [1.807, 2.05) is 0 Å². The molecule has 98 valence electrons. The van der Waals surface area contributed by atoms with Crippen molar-refractivity contribution in [2.45, 2.75) is 51.3 Å². The van der Waals surface area contributed by atoms with Gasteiger partial charge < -0.3 is 5.32 Å². The average Bonchev–Trinajstić information content (AvgIpc) is 2.14. The molecule has 0 aliphatic carbocycles. The predicted molar refractivity (Wildman–Crippen MR) is 74.0 cm³/mol. The molecule has 0 aromatic carbocycles. The van der Waals surface area contributed by atoms with Crippen molar-refractivity contribution in [1.82, 2.24) is 5.32 Å². The molecule has 16 heavy (non-hydrogen) atoms. The van der Waals surface area contributed by atoms with Crippen LogP contribution in [0.3, 0.4) is 0 Å². The third-order valence-corrected chi connectivity index (χ3v) is 5.75. The monoisotopic (exact) mass is 313 g/mol. The summed E-state index contributed by atoms with van der Waals surface area (Å²) in [6, 6.07) is 0.412. The third kappa shape index (κ3) is 5.64. The number of alkyl halides is 1. The first-order chi connectivity index (χ1) is 7.24. The Balaban J connectivity index is 4.07. The normalized spacial score (nSPS) is 15.1. The van der Waals surface area contributed by atoms with Crippen molar-refractivity contribution in [3.63, 3.8) is 0 Å². The van der Waals surface area contributed by atoms with Crippen molar-refractivity contribution in [2.24, 2.45) is 0 Å². The van der Waals surface area contributed by atoms with E-state index in [1.165, 1.54) is 0 Å². The number of nitrogens with one attached hydrogen (secondary N) is 1. The predicted octanol–water partition coefficient (Wildman–Crippen LogP) is 2.35. The molecular formula is C11H24BrNO2S. The molecule has 0 bridgehead atoms. The van der Waals surface area contributed by atoms with Gasteiger partial charge in [0.05, 0.1) is 10.5 Å². The standard InChI is InChI=1S/C11H24BrNO2S/c1-5-10(6-7-12)13-8-9-16(14,15)11(2,3)4/h10,13H,5-9H2,1-4H3. The summed E-state index contributed by atoms with van der Waals surface area (Å²) < 4.78 is 23.0. The van der Waals surface area contributed by atoms with E-state index in [0.717, 1.165) is 18.2 Å². The second-order valence-corrected chi connectivity index (χ2v) is 8.62. The molecule has 1 N–H and O–H groups in total. The Kier molecular flexibility index (Phi) is 7.14. The minimum absolute atomic E-state index is 0.218. The Hall–Kier alpha value is 0.390. The Morgan fingerprint density at radius 2 is 1.88 bits per heavy atom. The van der Waals surface area contributed by atoms with Crippen LogP contribution in [0.2, 0.25) is 0 Å². The van der Waals surface area contributed by atoms with E-state index in [2.05, 4.69) is 28.2 Å². The minimum Gasteiger partial charge on any atom is -0.313 e. The van der Waals surface area contributed by atoms with Crippen molar-refractivity contribution >= 4 is 25.8 Å². The Morgan fingerprint density at radius 1 is 1.31 bits per heavy atom. The molecule has 0 spiro atoms. The molecule has 1 unspecified atom stereocenters. The lowest BCUT2D eigenvalue weighted by atomic mass is 10.2. The highest BCUT2D eigenvalue weighted by molar-refractivity contribution is 9.09. The van der Waals surface area contributed by atoms with Gasteiger partial charge in [0.25, 0.3) is 0 Å². The zero-order valence-corrected chi connectivity index (χ0v) is 13.1. The van der Waals surface area contributed by atoms with Crippen LogP contribution in [0.4, 0.5) is 0 Å². The fraction of sp³-hybridized carbons (Fsp3) is 1.00. The summed E-state index contributed by atoms with van der Waals surface area (Å²) in [5, 5.41) is 4.24. The molecule has 5 heteroatoms. The van der Waals surface area contributed by atoms with Crippen molar-refractivity contribution in [1.29, 1.82) is 0 Å². The number of halogens is 1. The molecule has 0 aliphatic heterocycles. The summed E-state index contributed by atoms with van der Waals surface area (Å²) in [6.45, 7) is 7.90. The van der Waals surface area contributed by atoms with E-state index in [1.54, 1.807) is 20.8 Å². The quantitative estimate of drug-likeness (QED) is 0.734. The van der Waals surface area contributed by atoms with Crippen LogP contribution in [0.5, 0.6) is 0 Å². The van der Waals surface area contributed by atoms with E-state index in [-0.39, 0.29) is 5.75 Å². The first-order valence-electron chi connectivity index (χ1n) is 5.76. The Labute approximate surface area is 108 Å². The van der Waals surface area contributed by atoms with Crippen LogP contribution in [0, 0.1) is 0 Å². The molecule has 0 saturated carbocycles. The highest BCUT2D eigenvalue weighted by atomic mass is 79.9. The highest BCUT2D eigenvalue weighted by Crippen LogP contribution is 2.15. The zero-order valence-electron chi connectivity index (χ0n) is 10.7. The van der Waals surface area contributed by atoms with Gasteiger partial charge in [0.2, 0.25) is 0 Å². The topological polar surface area (TPSA) is 46.2 Å². The zero-order chi connectivity index (χ0) is 12.8. The summed E-state index contributed by atoms with van der Waals surface area (Å²) in [4.78, 5) is 0. The van der Waals surface area contributed by atoms with Gasteiger partial charge >= 0.3 is 0 Å². The second-order valence-electron chi connectivity index (χ2n) is 4.97. The summed E-state index contributed by atoms with van der Waals surface area (Å²) in [6.07, 6.45) is 2.06. The molecule has 0 saturated heterocycles. The van der Waals surface area contributed by atoms with E-state index < -0.39 is 14.6 Å². The SMILES string of the molecule is CCC(CCBr)NCCS(=O)(=O)C(C)(C)C. The van der Waals surface area contributed by atoms with Crippen molar-refractivity contribution in [3.8, 4) is 0 Å². The largest absolute Gasteiger partial charge is 0.313 e. The van der Waals surface area contributed by atoms with Gasteiger partial charge in [0.1, 0.15) is 0 Å². The molecule has 0 aliphatic rings. The van der Waals surface area contributed by atoms with E-state index >= 15 is 0 Å². The molecular weight excluding hydrogens is 290 g/mol. The Bertz CT molecular complexity index is 283. The molecule has 1 atom stereocenters. The number of sulfone groups is 1. The fourth-order valence-corrected chi connectivity index (χ4v) is 2.84. The lowest BCUT2D eigenvalue weighted by molar-refractivity contribution is 0.497. The summed E-state index contributed by atoms with van der Waals surface area (Å²) in [5.74, 6) is 0.218. The van der Waals surface area contributed by atoms with Gasteiger partial charge in [-0.3, -0.25) is 0 Å². The van der Waals surface area contributed by atoms with E-state index in [9.17, 15) is 8.42 Å². The third-order valence-electron chi connectivity index (χ3n) is 2.69. The van der Waals surface area contributed by atoms with Gasteiger partial charge in [-0.2, -0.15) is 0 Å². The number of hydrogen-bond donors (Lipinski definition) is 1. The molecule has 3 nitrogen and oxygen atoms in total. The van der Waals surface area contributed by atoms with Gasteiger partial charge in [-0.1, -0.05) is 22.9 Å². The molecule has 0 radical (unpaired) electrons. The van der Waals surface area contributed by atoms with Crippen molar-refractivity contribution < 1.29 is 8.42 Å². The van der Waals surface area contributed by atoms with Gasteiger partial charge in [-0.25, -0.2) is 8.42 Å². The fourth-order valence-electron chi connectivity index (χ4n) is 1.29. The molecule has 0 fully saturated rings. The summed E-state index contributed by atoms with van der Waals surface area (Å²) >= 11 is 3.40. The minimum atomic E-state index is -2.99. The lowest BCUT2D eigenvalue weighted by Gasteiger charge is -2.21. The summed E-state index contributed by atoms with van der Waals surface area (Å²) in [5.41, 5.74) is 0. The van der Waals surface area contributed by atoms with E-state index in [4.69, 9.17) is 0 Å². The van der Waals surface area contributed by atoms with Crippen LogP contribution < -0.4 is 5.32 Å². The lowest BCUT2D eigenvalue weighted by Crippen LogP contribution is -2.38. The van der Waals surface area contributed by atoms with Gasteiger partial charge in [0, 0.05) is 17.9 Å². The van der Waals surface area contributed by atoms with Crippen LogP contribution in [-0.4, -0.2) is 36.8 Å². The van der Waals surface area contributed by atoms with Crippen LogP contribution >= 0.6 is 15.9 Å². The smallest absolute Gasteiger partial charge is 0.156 e. The van der Waals surface area contributed by atoms with Gasteiger partial charge in [0.15, 0.2) is 9.84 Å². The maximum absolute atomic E-state index is 11.8. The maximum Gasteiger partial charge on any atom is 0.156 e. The summed E-state index contributed by atoms with van der Waals surface area (Å²) in [7, 11) is -2.99. The van der Waals surface area contributed by atoms with Crippen LogP contribution in [-0.2, 0) is 9.84 Å². The first kappa shape index (κ1) is 16.4. The molecule has 0 rings (SSSR count). The molecule has 0 aromatic rings. The average molecular weight is 314 g/mol. The van der Waals surface area contributed by atoms with Gasteiger partial charge in [-0.15, -0.1) is 0 Å². The first-order valence-corrected chi connectivity index (χ1v) is 8.53. The second kappa shape index (κ2) is 6.97. The Morgan fingerprint density at radius 3 is 2.25 bits per heavy atom. The van der Waals surface area contributed by atoms with E-state index in [0.29, 0.717) is 12.6 Å². The molecule has 0 heterocycles.